The van der Waals surface area contributed by atoms with E-state index < -0.39 is 34.2 Å². The van der Waals surface area contributed by atoms with E-state index >= 15 is 0 Å². The summed E-state index contributed by atoms with van der Waals surface area (Å²) in [6.45, 7) is 0.379. The first-order valence-electron chi connectivity index (χ1n) is 8.07. The number of benzene rings is 1. The molecule has 1 aromatic carbocycles. The lowest BCUT2D eigenvalue weighted by Crippen LogP contribution is -2.58. The molecule has 2 rings (SSSR count). The van der Waals surface area contributed by atoms with Crippen molar-refractivity contribution in [2.45, 2.75) is 23.6 Å². The lowest BCUT2D eigenvalue weighted by Gasteiger charge is -2.33. The molecule has 10 heteroatoms. The fraction of sp³-hybridized carbons (Fsp3) is 0.500. The summed E-state index contributed by atoms with van der Waals surface area (Å²) in [5.74, 6) is -0.972. The van der Waals surface area contributed by atoms with Crippen molar-refractivity contribution in [3.63, 3.8) is 0 Å². The molecule has 1 aliphatic heterocycles. The molecule has 0 spiro atoms. The van der Waals surface area contributed by atoms with Gasteiger partial charge in [0.25, 0.3) is 0 Å². The third-order valence-corrected chi connectivity index (χ3v) is 5.92. The highest BCUT2D eigenvalue weighted by Gasteiger charge is 2.39. The third kappa shape index (κ3) is 4.79. The van der Waals surface area contributed by atoms with Crippen LogP contribution in [0.5, 0.6) is 0 Å². The number of piperazine rings is 1. The smallest absolute Gasteiger partial charge is 0.243 e. The molecule has 1 saturated heterocycles. The Kier molecular flexibility index (Phi) is 7.09. The van der Waals surface area contributed by atoms with Crippen LogP contribution in [0.2, 0.25) is 0 Å². The molecule has 0 radical (unpaired) electrons. The largest absolute Gasteiger partial charge is 0.354 e. The number of carbonyl (C=O) groups is 2. The van der Waals surface area contributed by atoms with Gasteiger partial charge in [-0.2, -0.15) is 4.31 Å². The van der Waals surface area contributed by atoms with Gasteiger partial charge in [-0.15, -0.1) is 0 Å². The Morgan fingerprint density at radius 1 is 1.31 bits per heavy atom. The summed E-state index contributed by atoms with van der Waals surface area (Å²) in [7, 11) is -1.02. The number of rotatable bonds is 8. The predicted molar refractivity (Wildman–Crippen MR) is 92.6 cm³/mol. The number of hydrogen-bond donors (Lipinski definition) is 2. The van der Waals surface area contributed by atoms with Gasteiger partial charge in [-0.3, -0.25) is 9.59 Å². The molecule has 1 fully saturated rings. The first-order valence-corrected chi connectivity index (χ1v) is 9.51. The van der Waals surface area contributed by atoms with E-state index in [-0.39, 0.29) is 31.0 Å². The standard InChI is InChI=1S/C16H23N3O6S/c1-24-15(25-2)11-18-14(20)10-13-16(21)17-8-9-19(13)26(22,23)12-6-4-3-5-7-12/h3-7,13,15H,8-11H2,1-2H3,(H,17,21)(H,18,20). The van der Waals surface area contributed by atoms with Gasteiger partial charge in [-0.05, 0) is 12.1 Å². The highest BCUT2D eigenvalue weighted by Crippen LogP contribution is 2.21. The van der Waals surface area contributed by atoms with Gasteiger partial charge in [-0.1, -0.05) is 18.2 Å². The molecular weight excluding hydrogens is 362 g/mol. The number of hydrogen-bond acceptors (Lipinski definition) is 6. The Morgan fingerprint density at radius 3 is 2.58 bits per heavy atom. The molecule has 1 unspecified atom stereocenters. The molecule has 0 bridgehead atoms. The molecular formula is C16H23N3O6S. The molecule has 9 nitrogen and oxygen atoms in total. The van der Waals surface area contributed by atoms with Gasteiger partial charge in [-0.25, -0.2) is 8.42 Å². The van der Waals surface area contributed by atoms with E-state index in [0.29, 0.717) is 0 Å². The van der Waals surface area contributed by atoms with Crippen LogP contribution in [0.25, 0.3) is 0 Å². The van der Waals surface area contributed by atoms with Gasteiger partial charge < -0.3 is 20.1 Å². The Balaban J connectivity index is 2.13. The van der Waals surface area contributed by atoms with Crippen molar-refractivity contribution in [2.24, 2.45) is 0 Å². The summed E-state index contributed by atoms with van der Waals surface area (Å²) in [6, 6.07) is 6.72. The number of methoxy groups -OCH3 is 2. The average Bonchev–Trinajstić information content (AvgIpc) is 2.65. The molecule has 2 N–H and O–H groups in total. The van der Waals surface area contributed by atoms with Crippen LogP contribution in [0.3, 0.4) is 0 Å². The van der Waals surface area contributed by atoms with Gasteiger partial charge in [0.05, 0.1) is 17.9 Å². The molecule has 26 heavy (non-hydrogen) atoms. The lowest BCUT2D eigenvalue weighted by atomic mass is 10.1. The SMILES string of the molecule is COC(CNC(=O)CC1C(=O)NCCN1S(=O)(=O)c1ccccc1)OC. The predicted octanol–water partition coefficient (Wildman–Crippen LogP) is -0.699. The summed E-state index contributed by atoms with van der Waals surface area (Å²) in [5, 5.41) is 5.18. The van der Waals surface area contributed by atoms with E-state index in [9.17, 15) is 18.0 Å². The monoisotopic (exact) mass is 385 g/mol. The minimum Gasteiger partial charge on any atom is -0.354 e. The number of sulfonamides is 1. The molecule has 144 valence electrons. The van der Waals surface area contributed by atoms with E-state index in [1.807, 2.05) is 0 Å². The molecule has 0 aliphatic carbocycles. The number of amides is 2. The molecule has 0 aromatic heterocycles. The highest BCUT2D eigenvalue weighted by molar-refractivity contribution is 7.89. The van der Waals surface area contributed by atoms with Crippen molar-refractivity contribution in [3.8, 4) is 0 Å². The molecule has 1 aromatic rings. The Hall–Kier alpha value is -2.01. The number of carbonyl (C=O) groups excluding carboxylic acids is 2. The second-order valence-corrected chi connectivity index (χ2v) is 7.54. The van der Waals surface area contributed by atoms with Gasteiger partial charge in [0.15, 0.2) is 6.29 Å². The fourth-order valence-electron chi connectivity index (χ4n) is 2.61. The average molecular weight is 385 g/mol. The molecule has 0 saturated carbocycles. The summed E-state index contributed by atoms with van der Waals surface area (Å²) in [6.07, 6.45) is -0.916. The summed E-state index contributed by atoms with van der Waals surface area (Å²) >= 11 is 0. The highest BCUT2D eigenvalue weighted by atomic mass is 32.2. The Morgan fingerprint density at radius 2 is 1.96 bits per heavy atom. The van der Waals surface area contributed by atoms with Crippen molar-refractivity contribution >= 4 is 21.8 Å². The van der Waals surface area contributed by atoms with E-state index in [0.717, 1.165) is 4.31 Å². The zero-order chi connectivity index (χ0) is 19.2. The van der Waals surface area contributed by atoms with Gasteiger partial charge in [0.2, 0.25) is 21.8 Å². The zero-order valence-corrected chi connectivity index (χ0v) is 15.5. The maximum Gasteiger partial charge on any atom is 0.243 e. The normalized spacial score (nSPS) is 18.6. The van der Waals surface area contributed by atoms with E-state index in [4.69, 9.17) is 9.47 Å². The molecule has 1 heterocycles. The van der Waals surface area contributed by atoms with Crippen molar-refractivity contribution in [1.29, 1.82) is 0 Å². The minimum absolute atomic E-state index is 0.0824. The first kappa shape index (κ1) is 20.3. The molecule has 1 atom stereocenters. The Labute approximate surface area is 152 Å². The molecule has 1 aliphatic rings. The number of nitrogens with one attached hydrogen (secondary N) is 2. The zero-order valence-electron chi connectivity index (χ0n) is 14.7. The summed E-state index contributed by atoms with van der Waals surface area (Å²) in [4.78, 5) is 24.5. The van der Waals surface area contributed by atoms with Crippen LogP contribution in [0.1, 0.15) is 6.42 Å². The van der Waals surface area contributed by atoms with Crippen molar-refractivity contribution < 1.29 is 27.5 Å². The van der Waals surface area contributed by atoms with Crippen molar-refractivity contribution in [2.75, 3.05) is 33.9 Å². The van der Waals surface area contributed by atoms with E-state index in [1.165, 1.54) is 26.4 Å². The van der Waals surface area contributed by atoms with E-state index in [1.54, 1.807) is 18.2 Å². The topological polar surface area (TPSA) is 114 Å². The van der Waals surface area contributed by atoms with Crippen LogP contribution in [-0.4, -0.2) is 70.7 Å². The number of nitrogens with zero attached hydrogens (tertiary/aromatic N) is 1. The minimum atomic E-state index is -3.89. The first-order chi connectivity index (χ1) is 12.4. The molecule has 2 amide bonds. The van der Waals surface area contributed by atoms with Crippen LogP contribution >= 0.6 is 0 Å². The summed E-state index contributed by atoms with van der Waals surface area (Å²) in [5.41, 5.74) is 0. The van der Waals surface area contributed by atoms with Crippen LogP contribution < -0.4 is 10.6 Å². The quantitative estimate of drug-likeness (QED) is 0.572. The van der Waals surface area contributed by atoms with Crippen molar-refractivity contribution in [1.82, 2.24) is 14.9 Å². The fourth-order valence-corrected chi connectivity index (χ4v) is 4.22. The van der Waals surface area contributed by atoms with Gasteiger partial charge in [0, 0.05) is 27.3 Å². The Bertz CT molecular complexity index is 721. The van der Waals surface area contributed by atoms with Crippen LogP contribution in [-0.2, 0) is 29.1 Å². The van der Waals surface area contributed by atoms with E-state index in [2.05, 4.69) is 10.6 Å². The van der Waals surface area contributed by atoms with Crippen LogP contribution in [0, 0.1) is 0 Å². The van der Waals surface area contributed by atoms with Gasteiger partial charge >= 0.3 is 0 Å². The maximum absolute atomic E-state index is 12.9. The van der Waals surface area contributed by atoms with Crippen LogP contribution in [0.4, 0.5) is 0 Å². The number of ether oxygens (including phenoxy) is 2. The maximum atomic E-state index is 12.9. The summed E-state index contributed by atoms with van der Waals surface area (Å²) < 4.78 is 36.7. The van der Waals surface area contributed by atoms with Crippen LogP contribution in [0.15, 0.2) is 35.2 Å². The lowest BCUT2D eigenvalue weighted by molar-refractivity contribution is -0.133. The third-order valence-electron chi connectivity index (χ3n) is 4.00. The van der Waals surface area contributed by atoms with Crippen molar-refractivity contribution in [3.05, 3.63) is 30.3 Å². The van der Waals surface area contributed by atoms with Gasteiger partial charge in [0.1, 0.15) is 6.04 Å². The second kappa shape index (κ2) is 9.08. The second-order valence-electron chi connectivity index (χ2n) is 5.64.